The van der Waals surface area contributed by atoms with Crippen LogP contribution in [0.2, 0.25) is 0 Å². The molecule has 122 valence electrons. The molecule has 5 heteroatoms. The molecule has 2 aliphatic heterocycles. The van der Waals surface area contributed by atoms with Gasteiger partial charge in [0.15, 0.2) is 0 Å². The van der Waals surface area contributed by atoms with Gasteiger partial charge in [-0.15, -0.1) is 6.58 Å². The van der Waals surface area contributed by atoms with Crippen LogP contribution >= 0.6 is 0 Å². The second-order valence-corrected chi connectivity index (χ2v) is 6.07. The smallest absolute Gasteiger partial charge is 0.246 e. The van der Waals surface area contributed by atoms with E-state index in [1.807, 2.05) is 30.3 Å². The Bertz CT molecular complexity index is 587. The molecule has 3 rings (SSSR count). The summed E-state index contributed by atoms with van der Waals surface area (Å²) in [5, 5.41) is 2.88. The quantitative estimate of drug-likeness (QED) is 0.833. The van der Waals surface area contributed by atoms with Crippen LogP contribution in [0.15, 0.2) is 43.0 Å². The van der Waals surface area contributed by atoms with E-state index >= 15 is 0 Å². The average molecular weight is 314 g/mol. The first-order valence-corrected chi connectivity index (χ1v) is 8.06. The Morgan fingerprint density at radius 3 is 2.83 bits per heavy atom. The van der Waals surface area contributed by atoms with Crippen LogP contribution in [-0.2, 0) is 20.7 Å². The second kappa shape index (κ2) is 6.96. The summed E-state index contributed by atoms with van der Waals surface area (Å²) < 4.78 is 5.65. The molecule has 1 aromatic carbocycles. The summed E-state index contributed by atoms with van der Waals surface area (Å²) in [5.74, 6) is -0.0574. The summed E-state index contributed by atoms with van der Waals surface area (Å²) >= 11 is 0. The van der Waals surface area contributed by atoms with Gasteiger partial charge in [0.05, 0.1) is 12.7 Å². The van der Waals surface area contributed by atoms with Crippen molar-refractivity contribution < 1.29 is 14.3 Å². The zero-order valence-electron chi connectivity index (χ0n) is 13.1. The molecule has 23 heavy (non-hydrogen) atoms. The first-order valence-electron chi connectivity index (χ1n) is 8.06. The number of ether oxygens (including phenoxy) is 1. The van der Waals surface area contributed by atoms with Crippen molar-refractivity contribution in [2.75, 3.05) is 13.2 Å². The monoisotopic (exact) mass is 314 g/mol. The number of hydrogen-bond donors (Lipinski definition) is 1. The van der Waals surface area contributed by atoms with E-state index in [-0.39, 0.29) is 17.9 Å². The molecule has 0 saturated carbocycles. The molecule has 0 spiro atoms. The lowest BCUT2D eigenvalue weighted by Gasteiger charge is -2.43. The Morgan fingerprint density at radius 1 is 1.30 bits per heavy atom. The van der Waals surface area contributed by atoms with Gasteiger partial charge in [0.1, 0.15) is 12.1 Å². The van der Waals surface area contributed by atoms with E-state index < -0.39 is 12.1 Å². The summed E-state index contributed by atoms with van der Waals surface area (Å²) in [5.41, 5.74) is 1.05. The molecule has 0 radical (unpaired) electrons. The number of piperazine rings is 1. The minimum absolute atomic E-state index is 0.0125. The van der Waals surface area contributed by atoms with E-state index in [9.17, 15) is 9.59 Å². The van der Waals surface area contributed by atoms with Crippen LogP contribution in [0.25, 0.3) is 0 Å². The van der Waals surface area contributed by atoms with Gasteiger partial charge in [-0.3, -0.25) is 9.59 Å². The molecule has 2 aliphatic rings. The summed E-state index contributed by atoms with van der Waals surface area (Å²) in [7, 11) is 0. The molecule has 1 N–H and O–H groups in total. The number of amides is 2. The van der Waals surface area contributed by atoms with Gasteiger partial charge in [-0.25, -0.2) is 0 Å². The number of carbonyl (C=O) groups is 2. The number of carbonyl (C=O) groups excluding carboxylic acids is 2. The summed E-state index contributed by atoms with van der Waals surface area (Å²) in [4.78, 5) is 26.8. The van der Waals surface area contributed by atoms with Crippen molar-refractivity contribution in [2.45, 2.75) is 37.5 Å². The number of rotatable bonds is 5. The molecule has 0 unspecified atom stereocenters. The van der Waals surface area contributed by atoms with Crippen molar-refractivity contribution in [2.24, 2.45) is 0 Å². The fourth-order valence-corrected chi connectivity index (χ4v) is 3.32. The zero-order chi connectivity index (χ0) is 16.2. The Hall–Kier alpha value is -2.14. The van der Waals surface area contributed by atoms with Crippen LogP contribution in [0.3, 0.4) is 0 Å². The Kier molecular flexibility index (Phi) is 4.76. The summed E-state index contributed by atoms with van der Waals surface area (Å²) in [6.07, 6.45) is 3.57. The van der Waals surface area contributed by atoms with Crippen molar-refractivity contribution in [1.29, 1.82) is 0 Å². The predicted molar refractivity (Wildman–Crippen MR) is 86.7 cm³/mol. The summed E-state index contributed by atoms with van der Waals surface area (Å²) in [6, 6.07) is 8.90. The van der Waals surface area contributed by atoms with Crippen molar-refractivity contribution >= 4 is 11.8 Å². The zero-order valence-corrected chi connectivity index (χ0v) is 13.1. The highest BCUT2D eigenvalue weighted by Crippen LogP contribution is 2.25. The molecular formula is C18H22N2O3. The van der Waals surface area contributed by atoms with Gasteiger partial charge in [0.2, 0.25) is 11.8 Å². The molecule has 0 bridgehead atoms. The average Bonchev–Trinajstić information content (AvgIpc) is 2.58. The molecule has 0 aliphatic carbocycles. The molecule has 2 amide bonds. The summed E-state index contributed by atoms with van der Waals surface area (Å²) in [6.45, 7) is 4.68. The van der Waals surface area contributed by atoms with Crippen LogP contribution in [0, 0.1) is 0 Å². The molecule has 1 aromatic rings. The minimum Gasteiger partial charge on any atom is -0.374 e. The van der Waals surface area contributed by atoms with E-state index in [1.54, 1.807) is 11.0 Å². The van der Waals surface area contributed by atoms with E-state index in [2.05, 4.69) is 11.9 Å². The molecule has 0 aromatic heterocycles. The highest BCUT2D eigenvalue weighted by Gasteiger charge is 2.43. The van der Waals surface area contributed by atoms with Gasteiger partial charge >= 0.3 is 0 Å². The van der Waals surface area contributed by atoms with Crippen LogP contribution in [0.1, 0.15) is 18.4 Å². The topological polar surface area (TPSA) is 58.6 Å². The highest BCUT2D eigenvalue weighted by atomic mass is 16.5. The fourth-order valence-electron chi connectivity index (χ4n) is 3.32. The van der Waals surface area contributed by atoms with Gasteiger partial charge in [-0.1, -0.05) is 36.4 Å². The van der Waals surface area contributed by atoms with Crippen LogP contribution < -0.4 is 5.32 Å². The molecule has 2 saturated heterocycles. The van der Waals surface area contributed by atoms with E-state index in [0.717, 1.165) is 12.0 Å². The van der Waals surface area contributed by atoms with Gasteiger partial charge < -0.3 is 15.0 Å². The molecule has 5 nitrogen and oxygen atoms in total. The standard InChI is InChI=1S/C18H22N2O3/c1-2-10-23-14-8-9-20-16(12-14)17(21)19-15(18(20)22)11-13-6-4-3-5-7-13/h2-7,14-16H,1,8-12H2,(H,19,21)/t14-,15-,16+/m1/s1. The van der Waals surface area contributed by atoms with Crippen molar-refractivity contribution in [3.63, 3.8) is 0 Å². The maximum absolute atomic E-state index is 12.7. The van der Waals surface area contributed by atoms with Crippen molar-refractivity contribution in [1.82, 2.24) is 10.2 Å². The third-order valence-electron chi connectivity index (χ3n) is 4.49. The third-order valence-corrected chi connectivity index (χ3v) is 4.49. The number of benzene rings is 1. The van der Waals surface area contributed by atoms with E-state index in [1.165, 1.54) is 0 Å². The van der Waals surface area contributed by atoms with Crippen LogP contribution in [-0.4, -0.2) is 48.1 Å². The van der Waals surface area contributed by atoms with E-state index in [4.69, 9.17) is 4.74 Å². The van der Waals surface area contributed by atoms with Crippen molar-refractivity contribution in [3.8, 4) is 0 Å². The second-order valence-electron chi connectivity index (χ2n) is 6.07. The number of hydrogen-bond acceptors (Lipinski definition) is 3. The predicted octanol–water partition coefficient (Wildman–Crippen LogP) is 1.29. The first kappa shape index (κ1) is 15.7. The Morgan fingerprint density at radius 2 is 2.09 bits per heavy atom. The molecule has 2 fully saturated rings. The van der Waals surface area contributed by atoms with Gasteiger partial charge in [-0.2, -0.15) is 0 Å². The normalized spacial score (nSPS) is 27.3. The van der Waals surface area contributed by atoms with Gasteiger partial charge in [0.25, 0.3) is 0 Å². The molecule has 3 atom stereocenters. The van der Waals surface area contributed by atoms with Crippen LogP contribution in [0.4, 0.5) is 0 Å². The SMILES string of the molecule is C=CCO[C@@H]1CCN2C(=O)[C@@H](Cc3ccccc3)NC(=O)[C@@H]2C1. The lowest BCUT2D eigenvalue weighted by Crippen LogP contribution is -2.66. The van der Waals surface area contributed by atoms with E-state index in [0.29, 0.717) is 26.0 Å². The maximum Gasteiger partial charge on any atom is 0.246 e. The van der Waals surface area contributed by atoms with Gasteiger partial charge in [0, 0.05) is 19.4 Å². The number of fused-ring (bicyclic) bond motifs is 1. The fraction of sp³-hybridized carbons (Fsp3) is 0.444. The Balaban J connectivity index is 1.66. The molecular weight excluding hydrogens is 292 g/mol. The maximum atomic E-state index is 12.7. The minimum atomic E-state index is -0.466. The van der Waals surface area contributed by atoms with Gasteiger partial charge in [-0.05, 0) is 12.0 Å². The Labute approximate surface area is 136 Å². The number of nitrogens with zero attached hydrogens (tertiary/aromatic N) is 1. The first-order chi connectivity index (χ1) is 11.2. The largest absolute Gasteiger partial charge is 0.374 e. The lowest BCUT2D eigenvalue weighted by molar-refractivity contribution is -0.154. The lowest BCUT2D eigenvalue weighted by atomic mass is 9.93. The molecule has 2 heterocycles. The van der Waals surface area contributed by atoms with Crippen LogP contribution in [0.5, 0.6) is 0 Å². The number of piperidine rings is 1. The highest BCUT2D eigenvalue weighted by molar-refractivity contribution is 5.97. The number of nitrogens with one attached hydrogen (secondary N) is 1. The van der Waals surface area contributed by atoms with Crippen molar-refractivity contribution in [3.05, 3.63) is 48.6 Å². The third kappa shape index (κ3) is 3.45.